The zero-order chi connectivity index (χ0) is 18.9. The van der Waals surface area contributed by atoms with Gasteiger partial charge in [0, 0.05) is 23.1 Å². The molecular weight excluding hydrogens is 394 g/mol. The number of carbonyl (C=O) groups excluding carboxylic acids is 1. The summed E-state index contributed by atoms with van der Waals surface area (Å²) < 4.78 is 0. The number of hydrogen-bond donors (Lipinski definition) is 1. The third-order valence-corrected chi connectivity index (χ3v) is 8.88. The van der Waals surface area contributed by atoms with E-state index >= 15 is 0 Å². The highest BCUT2D eigenvalue weighted by Gasteiger charge is 2.43. The summed E-state index contributed by atoms with van der Waals surface area (Å²) in [6.45, 7) is 0.853. The van der Waals surface area contributed by atoms with Crippen LogP contribution in [0.4, 0.5) is 4.79 Å². The highest BCUT2D eigenvalue weighted by molar-refractivity contribution is 8.81. The lowest BCUT2D eigenvalue weighted by molar-refractivity contribution is 0.130. The highest BCUT2D eigenvalue weighted by atomic mass is 33.1. The number of amides is 1. The first kappa shape index (κ1) is 19.3. The third kappa shape index (κ3) is 3.94. The van der Waals surface area contributed by atoms with Gasteiger partial charge in [-0.1, -0.05) is 54.3 Å². The zero-order valence-corrected chi connectivity index (χ0v) is 18.0. The summed E-state index contributed by atoms with van der Waals surface area (Å²) in [4.78, 5) is 15.1. The van der Waals surface area contributed by atoms with Crippen molar-refractivity contribution in [1.29, 1.82) is 0 Å². The van der Waals surface area contributed by atoms with E-state index in [1.54, 1.807) is 6.07 Å². The van der Waals surface area contributed by atoms with Crippen molar-refractivity contribution in [2.75, 3.05) is 18.6 Å². The van der Waals surface area contributed by atoms with Crippen LogP contribution in [0.3, 0.4) is 0 Å². The minimum atomic E-state index is 0.00945. The van der Waals surface area contributed by atoms with E-state index in [-0.39, 0.29) is 21.8 Å². The van der Waals surface area contributed by atoms with Crippen molar-refractivity contribution in [2.45, 2.75) is 37.5 Å². The highest BCUT2D eigenvalue weighted by Crippen LogP contribution is 2.51. The van der Waals surface area contributed by atoms with E-state index < -0.39 is 0 Å². The SMILES string of the molecule is CSSC(=O)N1CC2(CCCCC2)CSC1c1cccc2ccc(O)cc12. The van der Waals surface area contributed by atoms with E-state index in [0.29, 0.717) is 0 Å². The van der Waals surface area contributed by atoms with Crippen LogP contribution in [0.15, 0.2) is 36.4 Å². The molecule has 1 aliphatic carbocycles. The molecule has 0 radical (unpaired) electrons. The molecule has 1 N–H and O–H groups in total. The van der Waals surface area contributed by atoms with Gasteiger partial charge in [-0.15, -0.1) is 11.8 Å². The van der Waals surface area contributed by atoms with Crippen molar-refractivity contribution in [1.82, 2.24) is 4.90 Å². The molecular formula is C21H25NO2S3. The monoisotopic (exact) mass is 419 g/mol. The topological polar surface area (TPSA) is 40.5 Å². The van der Waals surface area contributed by atoms with Crippen LogP contribution in [0.5, 0.6) is 5.75 Å². The Balaban J connectivity index is 1.72. The number of phenols is 1. The number of rotatable bonds is 2. The number of fused-ring (bicyclic) bond motifs is 1. The number of hydrogen-bond acceptors (Lipinski definition) is 5. The maximum atomic E-state index is 13.0. The fourth-order valence-electron chi connectivity index (χ4n) is 4.48. The van der Waals surface area contributed by atoms with Gasteiger partial charge < -0.3 is 10.0 Å². The molecule has 6 heteroatoms. The second-order valence-electron chi connectivity index (χ2n) is 7.62. The number of nitrogens with zero attached hydrogens (tertiary/aromatic N) is 1. The van der Waals surface area contributed by atoms with Crippen molar-refractivity contribution in [2.24, 2.45) is 5.41 Å². The molecule has 4 rings (SSSR count). The van der Waals surface area contributed by atoms with Crippen molar-refractivity contribution in [3.63, 3.8) is 0 Å². The largest absolute Gasteiger partial charge is 0.508 e. The van der Waals surface area contributed by atoms with Gasteiger partial charge in [-0.2, -0.15) is 0 Å². The Hall–Kier alpha value is -0.980. The van der Waals surface area contributed by atoms with Crippen LogP contribution in [-0.2, 0) is 0 Å². The van der Waals surface area contributed by atoms with Crippen molar-refractivity contribution in [3.05, 3.63) is 42.0 Å². The molecule has 2 aliphatic rings. The van der Waals surface area contributed by atoms with E-state index in [1.165, 1.54) is 53.7 Å². The van der Waals surface area contributed by atoms with Gasteiger partial charge in [0.2, 0.25) is 0 Å². The van der Waals surface area contributed by atoms with Gasteiger partial charge in [0.15, 0.2) is 0 Å². The Morgan fingerprint density at radius 1 is 1.22 bits per heavy atom. The van der Waals surface area contributed by atoms with Crippen LogP contribution >= 0.6 is 33.3 Å². The normalized spacial score (nSPS) is 22.3. The maximum absolute atomic E-state index is 13.0. The Morgan fingerprint density at radius 2 is 2.04 bits per heavy atom. The first-order valence-electron chi connectivity index (χ1n) is 9.46. The average Bonchev–Trinajstić information content (AvgIpc) is 2.68. The first-order chi connectivity index (χ1) is 13.1. The van der Waals surface area contributed by atoms with E-state index in [9.17, 15) is 9.90 Å². The Morgan fingerprint density at radius 3 is 2.81 bits per heavy atom. The molecule has 3 nitrogen and oxygen atoms in total. The van der Waals surface area contributed by atoms with Gasteiger partial charge in [0.05, 0.1) is 0 Å². The lowest BCUT2D eigenvalue weighted by Crippen LogP contribution is -2.47. The second kappa shape index (κ2) is 8.18. The molecule has 0 aromatic heterocycles. The number of thioether (sulfide) groups is 1. The summed E-state index contributed by atoms with van der Waals surface area (Å²) in [5, 5.41) is 12.3. The van der Waals surface area contributed by atoms with Crippen LogP contribution < -0.4 is 0 Å². The number of benzene rings is 2. The molecule has 2 aromatic carbocycles. The molecule has 27 heavy (non-hydrogen) atoms. The molecule has 1 saturated heterocycles. The second-order valence-corrected chi connectivity index (χ2v) is 11.0. The van der Waals surface area contributed by atoms with Crippen molar-refractivity contribution >= 4 is 49.4 Å². The average molecular weight is 420 g/mol. The van der Waals surface area contributed by atoms with E-state index in [1.807, 2.05) is 30.2 Å². The van der Waals surface area contributed by atoms with Gasteiger partial charge in [-0.3, -0.25) is 4.79 Å². The van der Waals surface area contributed by atoms with Gasteiger partial charge >= 0.3 is 0 Å². The van der Waals surface area contributed by atoms with Gasteiger partial charge in [0.1, 0.15) is 11.1 Å². The number of carbonyl (C=O) groups is 1. The smallest absolute Gasteiger partial charge is 0.293 e. The Labute approximate surface area is 173 Å². The molecule has 2 aromatic rings. The first-order valence-corrected chi connectivity index (χ1v) is 13.1. The number of phenolic OH excluding ortho intramolecular Hbond substituents is 1. The maximum Gasteiger partial charge on any atom is 0.293 e. The van der Waals surface area contributed by atoms with Crippen LogP contribution in [0.2, 0.25) is 0 Å². The van der Waals surface area contributed by atoms with Crippen LogP contribution in [0.25, 0.3) is 10.8 Å². The van der Waals surface area contributed by atoms with Crippen molar-refractivity contribution < 1.29 is 9.90 Å². The van der Waals surface area contributed by atoms with Crippen LogP contribution in [0.1, 0.15) is 43.0 Å². The predicted molar refractivity (Wildman–Crippen MR) is 120 cm³/mol. The summed E-state index contributed by atoms with van der Waals surface area (Å²) in [6.07, 6.45) is 8.32. The standard InChI is InChI=1S/C21H25NO2S3/c1-25-27-20(24)22-13-21(10-3-2-4-11-21)14-26-19(22)17-7-5-6-15-8-9-16(23)12-18(15)17/h5-9,12,19,23H,2-4,10-11,13-14H2,1H3. The van der Waals surface area contributed by atoms with Crippen LogP contribution in [0, 0.1) is 5.41 Å². The summed E-state index contributed by atoms with van der Waals surface area (Å²) in [6, 6.07) is 11.8. The quantitative estimate of drug-likeness (QED) is 0.550. The van der Waals surface area contributed by atoms with E-state index in [4.69, 9.17) is 0 Å². The molecule has 1 aliphatic heterocycles. The number of aromatic hydroxyl groups is 1. The molecule has 1 saturated carbocycles. The van der Waals surface area contributed by atoms with Gasteiger partial charge in [0.25, 0.3) is 5.24 Å². The minimum Gasteiger partial charge on any atom is -0.508 e. The molecule has 0 bridgehead atoms. The Bertz CT molecular complexity index is 835. The molecule has 144 valence electrons. The van der Waals surface area contributed by atoms with Crippen molar-refractivity contribution in [3.8, 4) is 5.75 Å². The summed E-state index contributed by atoms with van der Waals surface area (Å²) in [5.41, 5.74) is 1.41. The predicted octanol–water partition coefficient (Wildman–Crippen LogP) is 6.67. The van der Waals surface area contributed by atoms with E-state index in [0.717, 1.165) is 28.6 Å². The van der Waals surface area contributed by atoms with Gasteiger partial charge in [-0.05, 0) is 53.0 Å². The summed E-state index contributed by atoms with van der Waals surface area (Å²) in [7, 11) is 2.85. The van der Waals surface area contributed by atoms with Crippen LogP contribution in [-0.4, -0.2) is 33.8 Å². The molecule has 1 amide bonds. The van der Waals surface area contributed by atoms with E-state index in [2.05, 4.69) is 23.1 Å². The summed E-state index contributed by atoms with van der Waals surface area (Å²) >= 11 is 1.91. The molecule has 1 atom stereocenters. The molecule has 1 heterocycles. The minimum absolute atomic E-state index is 0.00945. The molecule has 1 unspecified atom stereocenters. The molecule has 1 spiro atoms. The Kier molecular flexibility index (Phi) is 5.86. The fraction of sp³-hybridized carbons (Fsp3) is 0.476. The summed E-state index contributed by atoms with van der Waals surface area (Å²) in [5.74, 6) is 1.39. The lowest BCUT2D eigenvalue weighted by Gasteiger charge is -2.48. The fourth-order valence-corrected chi connectivity index (χ4v) is 7.29. The molecule has 2 fully saturated rings. The third-order valence-electron chi connectivity index (χ3n) is 5.81. The van der Waals surface area contributed by atoms with Gasteiger partial charge in [-0.25, -0.2) is 0 Å². The lowest BCUT2D eigenvalue weighted by atomic mass is 9.75. The zero-order valence-electron chi connectivity index (χ0n) is 15.5.